The van der Waals surface area contributed by atoms with Crippen molar-refractivity contribution in [1.29, 1.82) is 0 Å². The maximum absolute atomic E-state index is 5.97. The van der Waals surface area contributed by atoms with Gasteiger partial charge in [-0.05, 0) is 36.8 Å². The Morgan fingerprint density at radius 2 is 2.16 bits per heavy atom. The van der Waals surface area contributed by atoms with Crippen molar-refractivity contribution in [3.8, 4) is 0 Å². The molecular weight excluding hydrogens is 236 g/mol. The van der Waals surface area contributed by atoms with Crippen molar-refractivity contribution >= 4 is 0 Å². The first kappa shape index (κ1) is 14.5. The van der Waals surface area contributed by atoms with Crippen molar-refractivity contribution < 1.29 is 4.74 Å². The van der Waals surface area contributed by atoms with Crippen LogP contribution in [0.15, 0.2) is 24.3 Å². The molecule has 0 aliphatic heterocycles. The molecule has 3 atom stereocenters. The van der Waals surface area contributed by atoms with Crippen LogP contribution in [-0.2, 0) is 4.74 Å². The molecule has 106 valence electrons. The van der Waals surface area contributed by atoms with Crippen LogP contribution in [0.25, 0.3) is 0 Å². The first-order valence-electron chi connectivity index (χ1n) is 7.20. The normalized spacial score (nSPS) is 29.2. The molecule has 1 saturated carbocycles. The van der Waals surface area contributed by atoms with E-state index in [-0.39, 0.29) is 11.6 Å². The van der Waals surface area contributed by atoms with Gasteiger partial charge in [0, 0.05) is 7.11 Å². The van der Waals surface area contributed by atoms with Crippen LogP contribution in [0.5, 0.6) is 0 Å². The summed E-state index contributed by atoms with van der Waals surface area (Å²) < 4.78 is 5.97. The van der Waals surface area contributed by atoms with Crippen molar-refractivity contribution in [3.63, 3.8) is 0 Å². The Kier molecular flexibility index (Phi) is 4.61. The van der Waals surface area contributed by atoms with Crippen LogP contribution in [0, 0.1) is 12.8 Å². The molecule has 0 amide bonds. The van der Waals surface area contributed by atoms with Gasteiger partial charge in [-0.1, -0.05) is 44.0 Å². The molecule has 3 N–H and O–H groups in total. The van der Waals surface area contributed by atoms with Crippen LogP contribution in [0.1, 0.15) is 49.8 Å². The molecule has 0 bridgehead atoms. The summed E-state index contributed by atoms with van der Waals surface area (Å²) in [4.78, 5) is 0. The third-order valence-electron chi connectivity index (χ3n) is 4.59. The summed E-state index contributed by atoms with van der Waals surface area (Å²) >= 11 is 0. The molecule has 1 aromatic carbocycles. The molecule has 0 spiro atoms. The highest BCUT2D eigenvalue weighted by molar-refractivity contribution is 5.31. The molecule has 3 nitrogen and oxygen atoms in total. The van der Waals surface area contributed by atoms with E-state index in [1.165, 1.54) is 24.0 Å². The lowest BCUT2D eigenvalue weighted by atomic mass is 9.72. The summed E-state index contributed by atoms with van der Waals surface area (Å²) in [6, 6.07) is 8.48. The zero-order valence-electron chi connectivity index (χ0n) is 12.3. The number of ether oxygens (including phenoxy) is 1. The van der Waals surface area contributed by atoms with Gasteiger partial charge in [-0.15, -0.1) is 0 Å². The number of methoxy groups -OCH3 is 1. The minimum Gasteiger partial charge on any atom is -0.376 e. The fraction of sp³-hybridized carbons (Fsp3) is 0.625. The van der Waals surface area contributed by atoms with Crippen molar-refractivity contribution in [2.45, 2.75) is 51.2 Å². The monoisotopic (exact) mass is 262 g/mol. The van der Waals surface area contributed by atoms with Gasteiger partial charge in [-0.2, -0.15) is 0 Å². The fourth-order valence-corrected chi connectivity index (χ4v) is 3.54. The fourth-order valence-electron chi connectivity index (χ4n) is 3.54. The number of hydrazine groups is 1. The predicted molar refractivity (Wildman–Crippen MR) is 78.6 cm³/mol. The first-order chi connectivity index (χ1) is 9.13. The maximum Gasteiger partial charge on any atom is 0.0888 e. The molecule has 1 aromatic rings. The van der Waals surface area contributed by atoms with E-state index in [0.717, 1.165) is 12.8 Å². The Bertz CT molecular complexity index is 421. The van der Waals surface area contributed by atoms with Crippen LogP contribution >= 0.6 is 0 Å². The number of aryl methyl sites for hydroxylation is 1. The average Bonchev–Trinajstić information content (AvgIpc) is 2.42. The van der Waals surface area contributed by atoms with E-state index in [0.29, 0.717) is 5.92 Å². The highest BCUT2D eigenvalue weighted by Crippen LogP contribution is 2.43. The van der Waals surface area contributed by atoms with Gasteiger partial charge in [0.05, 0.1) is 11.6 Å². The van der Waals surface area contributed by atoms with Crippen molar-refractivity contribution in [3.05, 3.63) is 35.4 Å². The van der Waals surface area contributed by atoms with Crippen LogP contribution in [-0.4, -0.2) is 12.7 Å². The first-order valence-corrected chi connectivity index (χ1v) is 7.20. The molecule has 1 aliphatic carbocycles. The number of nitrogens with two attached hydrogens (primary N) is 1. The molecule has 0 radical (unpaired) electrons. The van der Waals surface area contributed by atoms with Gasteiger partial charge in [-0.3, -0.25) is 11.3 Å². The molecule has 0 saturated heterocycles. The molecule has 1 fully saturated rings. The van der Waals surface area contributed by atoms with Gasteiger partial charge in [-0.25, -0.2) is 0 Å². The third-order valence-corrected chi connectivity index (χ3v) is 4.59. The molecule has 3 heteroatoms. The summed E-state index contributed by atoms with van der Waals surface area (Å²) in [6.07, 6.45) is 4.62. The summed E-state index contributed by atoms with van der Waals surface area (Å²) in [7, 11) is 1.82. The van der Waals surface area contributed by atoms with E-state index >= 15 is 0 Å². The molecule has 2 rings (SSSR count). The standard InChI is InChI=1S/C16H26N2O/c1-12-7-6-10-16(11-12,19-3)15(18-17)14-9-5-4-8-13(14)2/h4-5,8-9,12,15,18H,6-7,10-11,17H2,1-3H3. The van der Waals surface area contributed by atoms with E-state index in [2.05, 4.69) is 43.5 Å². The van der Waals surface area contributed by atoms with E-state index in [9.17, 15) is 0 Å². The predicted octanol–water partition coefficient (Wildman–Crippen LogP) is 3.09. The second kappa shape index (κ2) is 6.04. The number of nitrogens with one attached hydrogen (secondary N) is 1. The van der Waals surface area contributed by atoms with E-state index in [1.807, 2.05) is 7.11 Å². The van der Waals surface area contributed by atoms with E-state index in [4.69, 9.17) is 10.6 Å². The van der Waals surface area contributed by atoms with Crippen molar-refractivity contribution in [2.24, 2.45) is 11.8 Å². The number of rotatable bonds is 4. The van der Waals surface area contributed by atoms with Crippen LogP contribution < -0.4 is 11.3 Å². The van der Waals surface area contributed by atoms with E-state index in [1.54, 1.807) is 0 Å². The average molecular weight is 262 g/mol. The highest BCUT2D eigenvalue weighted by atomic mass is 16.5. The quantitative estimate of drug-likeness (QED) is 0.647. The Morgan fingerprint density at radius 3 is 2.74 bits per heavy atom. The van der Waals surface area contributed by atoms with Crippen LogP contribution in [0.2, 0.25) is 0 Å². The maximum atomic E-state index is 5.97. The zero-order chi connectivity index (χ0) is 13.9. The number of hydrogen-bond donors (Lipinski definition) is 2. The smallest absolute Gasteiger partial charge is 0.0888 e. The Balaban J connectivity index is 2.36. The molecule has 19 heavy (non-hydrogen) atoms. The molecule has 3 unspecified atom stereocenters. The summed E-state index contributed by atoms with van der Waals surface area (Å²) in [5.74, 6) is 6.57. The second-order valence-corrected chi connectivity index (χ2v) is 5.93. The van der Waals surface area contributed by atoms with Gasteiger partial charge in [0.2, 0.25) is 0 Å². The SMILES string of the molecule is COC1(C(NN)c2ccccc2C)CCCC(C)C1. The Labute approximate surface area is 116 Å². The topological polar surface area (TPSA) is 47.3 Å². The summed E-state index contributed by atoms with van der Waals surface area (Å²) in [6.45, 7) is 4.44. The van der Waals surface area contributed by atoms with Crippen LogP contribution in [0.4, 0.5) is 0 Å². The Morgan fingerprint density at radius 1 is 1.42 bits per heavy atom. The number of hydrogen-bond acceptors (Lipinski definition) is 3. The van der Waals surface area contributed by atoms with Crippen molar-refractivity contribution in [1.82, 2.24) is 5.43 Å². The molecule has 0 aromatic heterocycles. The third kappa shape index (κ3) is 2.83. The van der Waals surface area contributed by atoms with Gasteiger partial charge >= 0.3 is 0 Å². The van der Waals surface area contributed by atoms with E-state index < -0.39 is 0 Å². The van der Waals surface area contributed by atoms with Gasteiger partial charge < -0.3 is 4.74 Å². The van der Waals surface area contributed by atoms with Crippen LogP contribution in [0.3, 0.4) is 0 Å². The molecular formula is C16H26N2O. The molecule has 1 aliphatic rings. The largest absolute Gasteiger partial charge is 0.376 e. The van der Waals surface area contributed by atoms with Gasteiger partial charge in [0.25, 0.3) is 0 Å². The molecule has 0 heterocycles. The lowest BCUT2D eigenvalue weighted by Gasteiger charge is -2.44. The summed E-state index contributed by atoms with van der Waals surface area (Å²) in [5, 5.41) is 0. The zero-order valence-corrected chi connectivity index (χ0v) is 12.3. The highest BCUT2D eigenvalue weighted by Gasteiger charge is 2.42. The number of benzene rings is 1. The minimum atomic E-state index is -0.182. The minimum absolute atomic E-state index is 0.0569. The van der Waals surface area contributed by atoms with Gasteiger partial charge in [0.1, 0.15) is 0 Å². The lowest BCUT2D eigenvalue weighted by molar-refractivity contribution is -0.0807. The second-order valence-electron chi connectivity index (χ2n) is 5.93. The van der Waals surface area contributed by atoms with Gasteiger partial charge in [0.15, 0.2) is 0 Å². The summed E-state index contributed by atoms with van der Waals surface area (Å²) in [5.41, 5.74) is 5.35. The Hall–Kier alpha value is -0.900. The van der Waals surface area contributed by atoms with Crippen molar-refractivity contribution in [2.75, 3.05) is 7.11 Å². The lowest BCUT2D eigenvalue weighted by Crippen LogP contribution is -2.50.